The Balaban J connectivity index is 1.74. The van der Waals surface area contributed by atoms with E-state index < -0.39 is 0 Å². The summed E-state index contributed by atoms with van der Waals surface area (Å²) in [6, 6.07) is 0. The minimum atomic E-state index is -0.331. The van der Waals surface area contributed by atoms with E-state index in [-0.39, 0.29) is 11.6 Å². The van der Waals surface area contributed by atoms with Gasteiger partial charge in [0.15, 0.2) is 5.66 Å². The van der Waals surface area contributed by atoms with Crippen LogP contribution in [0.15, 0.2) is 10.2 Å². The molecule has 1 N–H and O–H groups in total. The lowest BCUT2D eigenvalue weighted by molar-refractivity contribution is -0.120. The first kappa shape index (κ1) is 16.6. The van der Waals surface area contributed by atoms with Gasteiger partial charge in [0.2, 0.25) is 5.91 Å². The summed E-state index contributed by atoms with van der Waals surface area (Å²) in [4.78, 5) is 17.7. The van der Waals surface area contributed by atoms with Gasteiger partial charge in [-0.1, -0.05) is 13.8 Å². The molecule has 6 heteroatoms. The van der Waals surface area contributed by atoms with Crippen molar-refractivity contribution in [2.75, 3.05) is 6.54 Å². The highest BCUT2D eigenvalue weighted by molar-refractivity contribution is 7.11. The molecule has 2 heterocycles. The van der Waals surface area contributed by atoms with E-state index in [0.29, 0.717) is 31.7 Å². The van der Waals surface area contributed by atoms with Crippen molar-refractivity contribution in [2.45, 2.75) is 58.0 Å². The predicted octanol–water partition coefficient (Wildman–Crippen LogP) is 3.20. The summed E-state index contributed by atoms with van der Waals surface area (Å²) in [5.74, 6) is 2.99. The van der Waals surface area contributed by atoms with Gasteiger partial charge in [0.05, 0.1) is 12.1 Å². The van der Waals surface area contributed by atoms with Gasteiger partial charge in [-0.2, -0.15) is 10.2 Å². The minimum absolute atomic E-state index is 0.00296. The minimum Gasteiger partial charge on any atom is -0.356 e. The van der Waals surface area contributed by atoms with Gasteiger partial charge in [0.1, 0.15) is 5.01 Å². The molecule has 0 saturated heterocycles. The Morgan fingerprint density at radius 3 is 2.68 bits per heavy atom. The molecule has 0 spiro atoms. The molecule has 2 rings (SSSR count). The summed E-state index contributed by atoms with van der Waals surface area (Å²) in [6.07, 6.45) is 7.74. The van der Waals surface area contributed by atoms with Crippen molar-refractivity contribution < 1.29 is 4.79 Å². The fourth-order valence-electron chi connectivity index (χ4n) is 2.35. The normalized spacial score (nSPS) is 14.9. The van der Waals surface area contributed by atoms with Crippen LogP contribution < -0.4 is 5.32 Å². The molecule has 5 nitrogen and oxygen atoms in total. The Bertz CT molecular complexity index is 606. The quantitative estimate of drug-likeness (QED) is 0.748. The van der Waals surface area contributed by atoms with Crippen molar-refractivity contribution >= 4 is 17.2 Å². The Kier molecular flexibility index (Phi) is 5.30. The molecule has 1 aliphatic rings. The summed E-state index contributed by atoms with van der Waals surface area (Å²) in [6.45, 7) is 6.85. The van der Waals surface area contributed by atoms with Gasteiger partial charge < -0.3 is 5.32 Å². The Labute approximate surface area is 135 Å². The van der Waals surface area contributed by atoms with Crippen molar-refractivity contribution in [3.63, 3.8) is 0 Å². The number of nitrogens with one attached hydrogen (secondary N) is 1. The fourth-order valence-corrected chi connectivity index (χ4v) is 3.43. The second-order valence-electron chi connectivity index (χ2n) is 5.87. The van der Waals surface area contributed by atoms with Crippen LogP contribution >= 0.6 is 11.3 Å². The van der Waals surface area contributed by atoms with E-state index in [0.717, 1.165) is 17.1 Å². The Morgan fingerprint density at radius 1 is 1.41 bits per heavy atom. The van der Waals surface area contributed by atoms with Gasteiger partial charge in [-0.25, -0.2) is 4.98 Å². The van der Waals surface area contributed by atoms with Gasteiger partial charge in [0.25, 0.3) is 0 Å². The zero-order valence-electron chi connectivity index (χ0n) is 13.3. The summed E-state index contributed by atoms with van der Waals surface area (Å²) in [5.41, 5.74) is 0.763. The summed E-state index contributed by atoms with van der Waals surface area (Å²) >= 11 is 1.60. The molecule has 0 fully saturated rings. The highest BCUT2D eigenvalue weighted by atomic mass is 32.1. The highest BCUT2D eigenvalue weighted by Gasteiger charge is 2.38. The molecule has 1 aromatic heterocycles. The lowest BCUT2D eigenvalue weighted by Crippen LogP contribution is -2.29. The number of carbonyl (C=O) groups excluding carboxylic acids is 1. The van der Waals surface area contributed by atoms with E-state index in [1.807, 2.05) is 0 Å². The van der Waals surface area contributed by atoms with Crippen LogP contribution in [0.4, 0.5) is 0 Å². The number of rotatable bonds is 8. The number of nitrogens with zero attached hydrogens (tertiary/aromatic N) is 3. The fraction of sp³-hybridized carbons (Fsp3) is 0.625. The Hall–Kier alpha value is -1.74. The first-order valence-corrected chi connectivity index (χ1v) is 8.38. The first-order valence-electron chi connectivity index (χ1n) is 7.56. The van der Waals surface area contributed by atoms with E-state index in [9.17, 15) is 4.79 Å². The molecule has 22 heavy (non-hydrogen) atoms. The third-order valence-electron chi connectivity index (χ3n) is 3.64. The molecule has 118 valence electrons. The SMILES string of the molecule is C#CCCC1(CCNC(=O)Cc2nc(C(C)C)c(C)s2)N=N1. The third-order valence-corrected chi connectivity index (χ3v) is 4.62. The van der Waals surface area contributed by atoms with E-state index in [1.165, 1.54) is 4.88 Å². The van der Waals surface area contributed by atoms with Crippen molar-refractivity contribution in [2.24, 2.45) is 10.2 Å². The van der Waals surface area contributed by atoms with Gasteiger partial charge >= 0.3 is 0 Å². The largest absolute Gasteiger partial charge is 0.356 e. The summed E-state index contributed by atoms with van der Waals surface area (Å²) in [5, 5.41) is 11.9. The number of terminal acetylenes is 1. The van der Waals surface area contributed by atoms with E-state index in [4.69, 9.17) is 6.42 Å². The molecule has 0 unspecified atom stereocenters. The van der Waals surface area contributed by atoms with Gasteiger partial charge in [0, 0.05) is 30.7 Å². The smallest absolute Gasteiger partial charge is 0.226 e. The van der Waals surface area contributed by atoms with E-state index in [1.54, 1.807) is 11.3 Å². The molecule has 1 aliphatic heterocycles. The van der Waals surface area contributed by atoms with Crippen molar-refractivity contribution in [1.29, 1.82) is 0 Å². The second-order valence-corrected chi connectivity index (χ2v) is 7.15. The molecule has 1 amide bonds. The number of hydrogen-bond acceptors (Lipinski definition) is 5. The van der Waals surface area contributed by atoms with Gasteiger partial charge in [-0.05, 0) is 12.8 Å². The van der Waals surface area contributed by atoms with Crippen LogP contribution in [-0.2, 0) is 11.2 Å². The van der Waals surface area contributed by atoms with Crippen LogP contribution in [0.5, 0.6) is 0 Å². The average molecular weight is 318 g/mol. The van der Waals surface area contributed by atoms with Crippen LogP contribution in [0.3, 0.4) is 0 Å². The maximum Gasteiger partial charge on any atom is 0.226 e. The monoisotopic (exact) mass is 318 g/mol. The predicted molar refractivity (Wildman–Crippen MR) is 87.9 cm³/mol. The van der Waals surface area contributed by atoms with Gasteiger partial charge in [-0.3, -0.25) is 4.79 Å². The molecular weight excluding hydrogens is 296 g/mol. The van der Waals surface area contributed by atoms with Gasteiger partial charge in [-0.15, -0.1) is 23.7 Å². The van der Waals surface area contributed by atoms with Crippen LogP contribution in [0, 0.1) is 19.3 Å². The number of aromatic nitrogens is 1. The maximum atomic E-state index is 12.0. The van der Waals surface area contributed by atoms with Crippen LogP contribution in [0.25, 0.3) is 0 Å². The van der Waals surface area contributed by atoms with Crippen molar-refractivity contribution in [3.8, 4) is 12.3 Å². The van der Waals surface area contributed by atoms with Crippen LogP contribution in [0.2, 0.25) is 0 Å². The molecule has 1 aromatic rings. The van der Waals surface area contributed by atoms with E-state index in [2.05, 4.69) is 47.2 Å². The van der Waals surface area contributed by atoms with Crippen LogP contribution in [-0.4, -0.2) is 23.1 Å². The molecular formula is C16H22N4OS. The maximum absolute atomic E-state index is 12.0. The van der Waals surface area contributed by atoms with Crippen molar-refractivity contribution in [1.82, 2.24) is 10.3 Å². The summed E-state index contributed by atoms with van der Waals surface area (Å²) in [7, 11) is 0. The first-order chi connectivity index (χ1) is 10.5. The second kappa shape index (κ2) is 7.01. The number of amides is 1. The Morgan fingerprint density at radius 2 is 2.14 bits per heavy atom. The average Bonchev–Trinajstić information content (AvgIpc) is 3.12. The van der Waals surface area contributed by atoms with Crippen molar-refractivity contribution in [3.05, 3.63) is 15.6 Å². The molecule has 0 saturated carbocycles. The number of thiazole rings is 1. The summed E-state index contributed by atoms with van der Waals surface area (Å²) < 4.78 is 0. The number of aryl methyl sites for hydroxylation is 1. The number of carbonyl (C=O) groups is 1. The third kappa shape index (κ3) is 4.38. The van der Waals surface area contributed by atoms with E-state index >= 15 is 0 Å². The molecule has 0 aromatic carbocycles. The lowest BCUT2D eigenvalue weighted by atomic mass is 10.0. The highest BCUT2D eigenvalue weighted by Crippen LogP contribution is 2.36. The molecule has 0 radical (unpaired) electrons. The standard InChI is InChI=1S/C16H22N4OS/c1-5-6-7-16(19-20-16)8-9-17-13(21)10-14-18-15(11(2)3)12(4)22-14/h1,11H,6-10H2,2-4H3,(H,17,21). The molecule has 0 bridgehead atoms. The topological polar surface area (TPSA) is 66.7 Å². The molecule has 0 aliphatic carbocycles. The lowest BCUT2D eigenvalue weighted by Gasteiger charge is -2.09. The van der Waals surface area contributed by atoms with Crippen LogP contribution in [0.1, 0.15) is 54.6 Å². The zero-order valence-corrected chi connectivity index (χ0v) is 14.2. The zero-order chi connectivity index (χ0) is 16.2. The molecule has 0 atom stereocenters. The number of hydrogen-bond donors (Lipinski definition) is 1.